The SMILES string of the molecule is COc1cccc(CC(=O)c2ncccc2N)c1. The highest BCUT2D eigenvalue weighted by molar-refractivity contribution is 6.00. The Morgan fingerprint density at radius 1 is 1.33 bits per heavy atom. The number of nitrogen functional groups attached to an aromatic ring is 1. The number of pyridine rings is 1. The quantitative estimate of drug-likeness (QED) is 0.834. The number of benzene rings is 1. The third-order valence-electron chi connectivity index (χ3n) is 2.60. The lowest BCUT2D eigenvalue weighted by Crippen LogP contribution is -2.09. The van der Waals surface area contributed by atoms with Crippen LogP contribution in [0, 0.1) is 0 Å². The number of rotatable bonds is 4. The first kappa shape index (κ1) is 12.1. The van der Waals surface area contributed by atoms with Gasteiger partial charge in [0.05, 0.1) is 12.8 Å². The van der Waals surface area contributed by atoms with E-state index >= 15 is 0 Å². The molecule has 0 aliphatic carbocycles. The van der Waals surface area contributed by atoms with Crippen LogP contribution in [0.2, 0.25) is 0 Å². The number of ether oxygens (including phenoxy) is 1. The van der Waals surface area contributed by atoms with Crippen molar-refractivity contribution in [3.63, 3.8) is 0 Å². The van der Waals surface area contributed by atoms with E-state index in [1.54, 1.807) is 25.4 Å². The Morgan fingerprint density at radius 2 is 2.17 bits per heavy atom. The molecule has 0 saturated heterocycles. The molecule has 0 spiro atoms. The third kappa shape index (κ3) is 2.66. The molecule has 2 N–H and O–H groups in total. The van der Waals surface area contributed by atoms with Crippen LogP contribution in [-0.4, -0.2) is 17.9 Å². The van der Waals surface area contributed by atoms with Crippen LogP contribution in [0.25, 0.3) is 0 Å². The summed E-state index contributed by atoms with van der Waals surface area (Å²) in [6.07, 6.45) is 1.83. The van der Waals surface area contributed by atoms with Crippen molar-refractivity contribution in [2.24, 2.45) is 0 Å². The third-order valence-corrected chi connectivity index (χ3v) is 2.60. The average molecular weight is 242 g/mol. The van der Waals surface area contributed by atoms with Gasteiger partial charge in [-0.3, -0.25) is 9.78 Å². The summed E-state index contributed by atoms with van der Waals surface area (Å²) in [7, 11) is 1.59. The van der Waals surface area contributed by atoms with Gasteiger partial charge in [0.25, 0.3) is 0 Å². The molecule has 18 heavy (non-hydrogen) atoms. The summed E-state index contributed by atoms with van der Waals surface area (Å²) in [5, 5.41) is 0. The fourth-order valence-electron chi connectivity index (χ4n) is 1.70. The van der Waals surface area contributed by atoms with Gasteiger partial charge in [-0.25, -0.2) is 0 Å². The van der Waals surface area contributed by atoms with Gasteiger partial charge in [0, 0.05) is 12.6 Å². The van der Waals surface area contributed by atoms with Gasteiger partial charge in [-0.05, 0) is 29.8 Å². The number of ketones is 1. The Labute approximate surface area is 105 Å². The lowest BCUT2D eigenvalue weighted by Gasteiger charge is -2.05. The molecule has 1 aromatic carbocycles. The highest BCUT2D eigenvalue weighted by Gasteiger charge is 2.11. The number of hydrogen-bond acceptors (Lipinski definition) is 4. The molecule has 1 aromatic heterocycles. The molecule has 1 heterocycles. The molecule has 0 atom stereocenters. The van der Waals surface area contributed by atoms with Crippen LogP contribution < -0.4 is 10.5 Å². The zero-order chi connectivity index (χ0) is 13.0. The van der Waals surface area contributed by atoms with E-state index in [1.807, 2.05) is 24.3 Å². The normalized spacial score (nSPS) is 10.1. The zero-order valence-electron chi connectivity index (χ0n) is 10.1. The van der Waals surface area contributed by atoms with E-state index in [1.165, 1.54) is 0 Å². The fraction of sp³-hybridized carbons (Fsp3) is 0.143. The van der Waals surface area contributed by atoms with Crippen LogP contribution in [0.4, 0.5) is 5.69 Å². The van der Waals surface area contributed by atoms with Crippen LogP contribution in [0.15, 0.2) is 42.6 Å². The fourth-order valence-corrected chi connectivity index (χ4v) is 1.70. The second-order valence-corrected chi connectivity index (χ2v) is 3.89. The number of methoxy groups -OCH3 is 1. The number of nitrogens with zero attached hydrogens (tertiary/aromatic N) is 1. The maximum absolute atomic E-state index is 12.1. The molecule has 0 saturated carbocycles. The van der Waals surface area contributed by atoms with Crippen molar-refractivity contribution in [1.82, 2.24) is 4.98 Å². The molecule has 0 unspecified atom stereocenters. The average Bonchev–Trinajstić information content (AvgIpc) is 2.39. The van der Waals surface area contributed by atoms with Crippen molar-refractivity contribution in [3.05, 3.63) is 53.9 Å². The van der Waals surface area contributed by atoms with Gasteiger partial charge in [0.15, 0.2) is 5.78 Å². The Hall–Kier alpha value is -2.36. The second-order valence-electron chi connectivity index (χ2n) is 3.89. The van der Waals surface area contributed by atoms with Crippen LogP contribution in [0.1, 0.15) is 16.1 Å². The molecule has 0 radical (unpaired) electrons. The highest BCUT2D eigenvalue weighted by atomic mass is 16.5. The van der Waals surface area contributed by atoms with E-state index in [4.69, 9.17) is 10.5 Å². The first-order valence-electron chi connectivity index (χ1n) is 5.57. The van der Waals surface area contributed by atoms with Crippen molar-refractivity contribution < 1.29 is 9.53 Å². The molecule has 0 bridgehead atoms. The first-order valence-corrected chi connectivity index (χ1v) is 5.57. The van der Waals surface area contributed by atoms with Gasteiger partial charge in [0.2, 0.25) is 0 Å². The highest BCUT2D eigenvalue weighted by Crippen LogP contribution is 2.16. The number of anilines is 1. The van der Waals surface area contributed by atoms with Crippen LogP contribution >= 0.6 is 0 Å². The number of hydrogen-bond donors (Lipinski definition) is 1. The van der Waals surface area contributed by atoms with Gasteiger partial charge >= 0.3 is 0 Å². The molecule has 2 rings (SSSR count). The van der Waals surface area contributed by atoms with Gasteiger partial charge in [0.1, 0.15) is 11.4 Å². The van der Waals surface area contributed by atoms with Crippen LogP contribution in [0.3, 0.4) is 0 Å². The van der Waals surface area contributed by atoms with E-state index in [0.29, 0.717) is 11.4 Å². The minimum absolute atomic E-state index is 0.0960. The Bertz CT molecular complexity index is 567. The molecule has 0 aliphatic rings. The number of aromatic nitrogens is 1. The lowest BCUT2D eigenvalue weighted by molar-refractivity contribution is 0.0989. The largest absolute Gasteiger partial charge is 0.497 e. The Kier molecular flexibility index (Phi) is 3.57. The predicted octanol–water partition coefficient (Wildman–Crippen LogP) is 2.10. The summed E-state index contributed by atoms with van der Waals surface area (Å²) < 4.78 is 5.11. The maximum Gasteiger partial charge on any atom is 0.187 e. The van der Waals surface area contributed by atoms with E-state index in [9.17, 15) is 4.79 Å². The molecule has 0 amide bonds. The van der Waals surface area contributed by atoms with Crippen molar-refractivity contribution in [3.8, 4) is 5.75 Å². The van der Waals surface area contributed by atoms with Crippen molar-refractivity contribution in [1.29, 1.82) is 0 Å². The molecule has 2 aromatic rings. The second kappa shape index (κ2) is 5.31. The van der Waals surface area contributed by atoms with E-state index in [-0.39, 0.29) is 12.2 Å². The summed E-state index contributed by atoms with van der Waals surface area (Å²) in [5.74, 6) is 0.635. The number of Topliss-reactive ketones (excluding diaryl/α,β-unsaturated/α-hetero) is 1. The van der Waals surface area contributed by atoms with Gasteiger partial charge < -0.3 is 10.5 Å². The summed E-state index contributed by atoms with van der Waals surface area (Å²) in [5.41, 5.74) is 7.33. The zero-order valence-corrected chi connectivity index (χ0v) is 10.1. The van der Waals surface area contributed by atoms with Crippen LogP contribution in [0.5, 0.6) is 5.75 Å². The lowest BCUT2D eigenvalue weighted by atomic mass is 10.1. The van der Waals surface area contributed by atoms with Crippen molar-refractivity contribution >= 4 is 11.5 Å². The van der Waals surface area contributed by atoms with E-state index in [0.717, 1.165) is 11.3 Å². The predicted molar refractivity (Wildman–Crippen MR) is 69.7 cm³/mol. The number of carbonyl (C=O) groups excluding carboxylic acids is 1. The first-order chi connectivity index (χ1) is 8.70. The standard InChI is InChI=1S/C14H14N2O2/c1-18-11-5-2-4-10(8-11)9-13(17)14-12(15)6-3-7-16-14/h2-8H,9,15H2,1H3. The molecule has 4 heteroatoms. The van der Waals surface area contributed by atoms with Crippen molar-refractivity contribution in [2.75, 3.05) is 12.8 Å². The molecule has 0 fully saturated rings. The summed E-state index contributed by atoms with van der Waals surface area (Å²) in [4.78, 5) is 16.1. The smallest absolute Gasteiger partial charge is 0.187 e. The molecule has 4 nitrogen and oxygen atoms in total. The number of carbonyl (C=O) groups is 1. The van der Waals surface area contributed by atoms with Gasteiger partial charge in [-0.2, -0.15) is 0 Å². The van der Waals surface area contributed by atoms with Gasteiger partial charge in [-0.15, -0.1) is 0 Å². The monoisotopic (exact) mass is 242 g/mol. The Balaban J connectivity index is 2.19. The summed E-state index contributed by atoms with van der Waals surface area (Å²) >= 11 is 0. The van der Waals surface area contributed by atoms with E-state index < -0.39 is 0 Å². The van der Waals surface area contributed by atoms with Gasteiger partial charge in [-0.1, -0.05) is 12.1 Å². The van der Waals surface area contributed by atoms with Crippen molar-refractivity contribution in [2.45, 2.75) is 6.42 Å². The van der Waals surface area contributed by atoms with E-state index in [2.05, 4.69) is 4.98 Å². The maximum atomic E-state index is 12.1. The van der Waals surface area contributed by atoms with Crippen LogP contribution in [-0.2, 0) is 6.42 Å². The minimum Gasteiger partial charge on any atom is -0.497 e. The summed E-state index contributed by atoms with van der Waals surface area (Å²) in [6.45, 7) is 0. The minimum atomic E-state index is -0.0960. The molecule has 0 aliphatic heterocycles. The molecule has 92 valence electrons. The number of nitrogens with two attached hydrogens (primary N) is 1. The summed E-state index contributed by atoms with van der Waals surface area (Å²) in [6, 6.07) is 10.8. The molecular formula is C14H14N2O2. The Morgan fingerprint density at radius 3 is 2.89 bits per heavy atom. The topological polar surface area (TPSA) is 65.2 Å². The molecular weight excluding hydrogens is 228 g/mol.